The van der Waals surface area contributed by atoms with Gasteiger partial charge in [0.2, 0.25) is 0 Å². The van der Waals surface area contributed by atoms with Gasteiger partial charge >= 0.3 is 0 Å². The fourth-order valence-corrected chi connectivity index (χ4v) is 2.94. The summed E-state index contributed by atoms with van der Waals surface area (Å²) in [6.45, 7) is 4.92. The van der Waals surface area contributed by atoms with Crippen molar-refractivity contribution in [2.75, 3.05) is 0 Å². The monoisotopic (exact) mass is 279 g/mol. The van der Waals surface area contributed by atoms with E-state index < -0.39 is 5.82 Å². The molecule has 1 fully saturated rings. The van der Waals surface area contributed by atoms with Gasteiger partial charge in [-0.3, -0.25) is 4.90 Å². The van der Waals surface area contributed by atoms with Crippen LogP contribution >= 0.6 is 0 Å². The van der Waals surface area contributed by atoms with E-state index in [1.54, 1.807) is 12.1 Å². The largest absolute Gasteiger partial charge is 0.409 e. The van der Waals surface area contributed by atoms with E-state index >= 15 is 0 Å². The Bertz CT molecular complexity index is 494. The van der Waals surface area contributed by atoms with Crippen LogP contribution in [-0.2, 0) is 6.54 Å². The molecule has 0 spiro atoms. The molecule has 1 heterocycles. The highest BCUT2D eigenvalue weighted by Gasteiger charge is 2.25. The Kier molecular flexibility index (Phi) is 4.60. The van der Waals surface area contributed by atoms with Gasteiger partial charge in [-0.1, -0.05) is 23.7 Å². The smallest absolute Gasteiger partial charge is 0.173 e. The van der Waals surface area contributed by atoms with Gasteiger partial charge in [0.15, 0.2) is 5.84 Å². The third-order valence-electron chi connectivity index (χ3n) is 4.19. The summed E-state index contributed by atoms with van der Waals surface area (Å²) in [5.74, 6) is -0.586. The lowest BCUT2D eigenvalue weighted by Crippen LogP contribution is -2.43. The van der Waals surface area contributed by atoms with Crippen LogP contribution in [-0.4, -0.2) is 28.0 Å². The van der Waals surface area contributed by atoms with Gasteiger partial charge in [0.05, 0.1) is 5.56 Å². The molecule has 2 rings (SSSR count). The average Bonchev–Trinajstić information content (AvgIpc) is 2.44. The zero-order valence-corrected chi connectivity index (χ0v) is 12.0. The maximum absolute atomic E-state index is 14.4. The summed E-state index contributed by atoms with van der Waals surface area (Å²) in [5, 5.41) is 11.6. The molecule has 1 saturated heterocycles. The Balaban J connectivity index is 2.25. The van der Waals surface area contributed by atoms with Gasteiger partial charge in [-0.2, -0.15) is 0 Å². The number of hydrogen-bond acceptors (Lipinski definition) is 3. The zero-order valence-electron chi connectivity index (χ0n) is 12.0. The zero-order chi connectivity index (χ0) is 14.7. The second-order valence-corrected chi connectivity index (χ2v) is 5.57. The van der Waals surface area contributed by atoms with Crippen molar-refractivity contribution in [2.24, 2.45) is 10.9 Å². The molecule has 4 nitrogen and oxygen atoms in total. The molecule has 1 aromatic carbocycles. The summed E-state index contributed by atoms with van der Waals surface area (Å²) in [4.78, 5) is 2.32. The molecule has 110 valence electrons. The van der Waals surface area contributed by atoms with Crippen molar-refractivity contribution in [3.8, 4) is 0 Å². The molecule has 0 aromatic heterocycles. The molecule has 5 heteroatoms. The summed E-state index contributed by atoms with van der Waals surface area (Å²) < 4.78 is 14.4. The van der Waals surface area contributed by atoms with E-state index in [0.29, 0.717) is 24.2 Å². The van der Waals surface area contributed by atoms with Gasteiger partial charge < -0.3 is 10.9 Å². The number of halogens is 1. The molecule has 0 radical (unpaired) electrons. The lowest BCUT2D eigenvalue weighted by atomic mass is 9.96. The standard InChI is InChI=1S/C15H22FN3O/c1-10-5-3-6-11(2)19(10)9-12-7-4-8-13(14(12)16)15(17)18-20/h4,7-8,10-11,20H,3,5-6,9H2,1-2H3,(H2,17,18)/t10-,11+. The number of rotatable bonds is 3. The maximum atomic E-state index is 14.4. The highest BCUT2D eigenvalue weighted by molar-refractivity contribution is 5.97. The van der Waals surface area contributed by atoms with E-state index in [1.807, 2.05) is 0 Å². The Morgan fingerprint density at radius 1 is 1.40 bits per heavy atom. The van der Waals surface area contributed by atoms with Crippen LogP contribution in [0, 0.1) is 5.82 Å². The predicted molar refractivity (Wildman–Crippen MR) is 77.2 cm³/mol. The number of likely N-dealkylation sites (tertiary alicyclic amines) is 1. The highest BCUT2D eigenvalue weighted by atomic mass is 19.1. The first kappa shape index (κ1) is 14.8. The number of nitrogens with two attached hydrogens (primary N) is 1. The van der Waals surface area contributed by atoms with Crippen molar-refractivity contribution in [1.29, 1.82) is 0 Å². The molecule has 20 heavy (non-hydrogen) atoms. The Labute approximate surface area is 119 Å². The molecule has 1 aliphatic rings. The Morgan fingerprint density at radius 3 is 2.65 bits per heavy atom. The van der Waals surface area contributed by atoms with Crippen molar-refractivity contribution >= 4 is 5.84 Å². The van der Waals surface area contributed by atoms with Crippen molar-refractivity contribution in [2.45, 2.75) is 51.7 Å². The molecule has 2 atom stereocenters. The van der Waals surface area contributed by atoms with Crippen LogP contribution in [0.1, 0.15) is 44.2 Å². The van der Waals surface area contributed by atoms with Crippen molar-refractivity contribution in [1.82, 2.24) is 4.90 Å². The minimum Gasteiger partial charge on any atom is -0.409 e. The summed E-state index contributed by atoms with van der Waals surface area (Å²) in [6.07, 6.45) is 3.52. The molecule has 0 bridgehead atoms. The third-order valence-corrected chi connectivity index (χ3v) is 4.19. The molecule has 0 unspecified atom stereocenters. The van der Waals surface area contributed by atoms with Gasteiger partial charge in [-0.15, -0.1) is 0 Å². The first-order chi connectivity index (χ1) is 9.54. The maximum Gasteiger partial charge on any atom is 0.173 e. The third kappa shape index (κ3) is 2.93. The predicted octanol–water partition coefficient (Wildman–Crippen LogP) is 2.68. The van der Waals surface area contributed by atoms with Crippen LogP contribution in [0.15, 0.2) is 23.4 Å². The number of amidine groups is 1. The highest BCUT2D eigenvalue weighted by Crippen LogP contribution is 2.25. The fourth-order valence-electron chi connectivity index (χ4n) is 2.94. The number of hydrogen-bond donors (Lipinski definition) is 2. The van der Waals surface area contributed by atoms with Gasteiger partial charge in [0.1, 0.15) is 5.82 Å². The van der Waals surface area contributed by atoms with Gasteiger partial charge in [0, 0.05) is 24.2 Å². The first-order valence-electron chi connectivity index (χ1n) is 7.05. The van der Waals surface area contributed by atoms with Crippen LogP contribution in [0.2, 0.25) is 0 Å². The fraction of sp³-hybridized carbons (Fsp3) is 0.533. The number of oxime groups is 1. The van der Waals surface area contributed by atoms with Crippen molar-refractivity contribution < 1.29 is 9.60 Å². The molecule has 3 N–H and O–H groups in total. The van der Waals surface area contributed by atoms with E-state index in [0.717, 1.165) is 12.8 Å². The minimum absolute atomic E-state index is 0.155. The Hall–Kier alpha value is -1.62. The van der Waals surface area contributed by atoms with Crippen LogP contribution in [0.5, 0.6) is 0 Å². The van der Waals surface area contributed by atoms with E-state index in [2.05, 4.69) is 23.9 Å². The van der Waals surface area contributed by atoms with E-state index in [9.17, 15) is 4.39 Å². The topological polar surface area (TPSA) is 61.8 Å². The quantitative estimate of drug-likeness (QED) is 0.387. The Morgan fingerprint density at radius 2 is 2.05 bits per heavy atom. The van der Waals surface area contributed by atoms with Crippen LogP contribution in [0.25, 0.3) is 0 Å². The first-order valence-corrected chi connectivity index (χ1v) is 7.05. The van der Waals surface area contributed by atoms with E-state index in [4.69, 9.17) is 10.9 Å². The molecule has 0 saturated carbocycles. The summed E-state index contributed by atoms with van der Waals surface area (Å²) in [6, 6.07) is 5.93. The minimum atomic E-state index is -0.396. The molecule has 0 aliphatic carbocycles. The summed E-state index contributed by atoms with van der Waals surface area (Å²) in [7, 11) is 0. The number of nitrogens with zero attached hydrogens (tertiary/aromatic N) is 2. The SMILES string of the molecule is C[C@@H]1CCC[C@H](C)N1Cc1cccc(/C(N)=N/O)c1F. The molecule has 1 aliphatic heterocycles. The van der Waals surface area contributed by atoms with Crippen LogP contribution in [0.3, 0.4) is 0 Å². The van der Waals surface area contributed by atoms with Gasteiger partial charge in [0.25, 0.3) is 0 Å². The van der Waals surface area contributed by atoms with Gasteiger partial charge in [-0.25, -0.2) is 4.39 Å². The second-order valence-electron chi connectivity index (χ2n) is 5.57. The number of piperidine rings is 1. The molecule has 1 aromatic rings. The molecular weight excluding hydrogens is 257 g/mol. The van der Waals surface area contributed by atoms with Crippen molar-refractivity contribution in [3.63, 3.8) is 0 Å². The number of benzene rings is 1. The van der Waals surface area contributed by atoms with E-state index in [-0.39, 0.29) is 11.4 Å². The molecule has 0 amide bonds. The summed E-state index contributed by atoms with van der Waals surface area (Å²) >= 11 is 0. The lowest BCUT2D eigenvalue weighted by Gasteiger charge is -2.39. The lowest BCUT2D eigenvalue weighted by molar-refractivity contribution is 0.0940. The van der Waals surface area contributed by atoms with Gasteiger partial charge in [-0.05, 0) is 32.8 Å². The van der Waals surface area contributed by atoms with E-state index in [1.165, 1.54) is 12.5 Å². The second kappa shape index (κ2) is 6.22. The molecular formula is C15H22FN3O. The summed E-state index contributed by atoms with van der Waals surface area (Å²) in [5.41, 5.74) is 6.25. The van der Waals surface area contributed by atoms with Crippen molar-refractivity contribution in [3.05, 3.63) is 35.1 Å². The van der Waals surface area contributed by atoms with Crippen LogP contribution in [0.4, 0.5) is 4.39 Å². The average molecular weight is 279 g/mol. The van der Waals surface area contributed by atoms with Crippen LogP contribution < -0.4 is 5.73 Å². The normalized spacial score (nSPS) is 24.9.